The highest BCUT2D eigenvalue weighted by Crippen LogP contribution is 2.22. The number of esters is 1. The largest absolute Gasteiger partial charge is 0.451 e. The number of rotatable bonds is 2. The van der Waals surface area contributed by atoms with Crippen LogP contribution in [-0.4, -0.2) is 40.8 Å². The maximum Gasteiger partial charge on any atom is 0.338 e. The molecule has 1 aliphatic heterocycles. The predicted octanol–water partition coefficient (Wildman–Crippen LogP) is 0.700. The van der Waals surface area contributed by atoms with Crippen LogP contribution in [-0.2, 0) is 9.47 Å². The van der Waals surface area contributed by atoms with Gasteiger partial charge in [-0.25, -0.2) is 4.79 Å². The number of aliphatic hydroxyl groups excluding tert-OH is 2. The number of carbonyl (C=O) groups is 1. The Morgan fingerprint density at radius 2 is 2.00 bits per heavy atom. The van der Waals surface area contributed by atoms with E-state index in [1.165, 1.54) is 0 Å². The van der Waals surface area contributed by atoms with Crippen LogP contribution in [0.3, 0.4) is 0 Å². The molecule has 0 saturated carbocycles. The molecule has 2 N–H and O–H groups in total. The van der Waals surface area contributed by atoms with Gasteiger partial charge in [0.15, 0.2) is 12.4 Å². The lowest BCUT2D eigenvalue weighted by Gasteiger charge is -2.35. The second kappa shape index (κ2) is 5.48. The van der Waals surface area contributed by atoms with Crippen LogP contribution in [0.1, 0.15) is 23.7 Å². The molecule has 2 rings (SSSR count). The van der Waals surface area contributed by atoms with E-state index in [1.807, 2.05) is 0 Å². The summed E-state index contributed by atoms with van der Waals surface area (Å²) >= 11 is 0. The van der Waals surface area contributed by atoms with Crippen molar-refractivity contribution >= 4 is 5.97 Å². The van der Waals surface area contributed by atoms with Gasteiger partial charge in [-0.3, -0.25) is 0 Å². The first-order chi connectivity index (χ1) is 8.58. The van der Waals surface area contributed by atoms with Crippen molar-refractivity contribution in [1.82, 2.24) is 0 Å². The van der Waals surface area contributed by atoms with Crippen LogP contribution in [0.2, 0.25) is 0 Å². The van der Waals surface area contributed by atoms with Crippen LogP contribution in [0.25, 0.3) is 0 Å². The fourth-order valence-corrected chi connectivity index (χ4v) is 1.94. The molecule has 98 valence electrons. The summed E-state index contributed by atoms with van der Waals surface area (Å²) < 4.78 is 10.2. The molecule has 1 saturated heterocycles. The van der Waals surface area contributed by atoms with E-state index in [0.29, 0.717) is 12.0 Å². The summed E-state index contributed by atoms with van der Waals surface area (Å²) in [6.45, 7) is 1.74. The zero-order chi connectivity index (χ0) is 13.1. The maximum atomic E-state index is 11.8. The number of aliphatic hydroxyl groups is 2. The van der Waals surface area contributed by atoms with E-state index >= 15 is 0 Å². The summed E-state index contributed by atoms with van der Waals surface area (Å²) in [7, 11) is 0. The third kappa shape index (κ3) is 2.87. The molecule has 1 aromatic rings. The van der Waals surface area contributed by atoms with Crippen LogP contribution >= 0.6 is 0 Å². The Hall–Kier alpha value is -1.43. The minimum Gasteiger partial charge on any atom is -0.451 e. The Balaban J connectivity index is 2.03. The number of benzene rings is 1. The van der Waals surface area contributed by atoms with Gasteiger partial charge in [-0.15, -0.1) is 0 Å². The number of carbonyl (C=O) groups excluding carboxylic acids is 1. The molecule has 1 fully saturated rings. The quantitative estimate of drug-likeness (QED) is 0.758. The third-order valence-electron chi connectivity index (χ3n) is 2.86. The van der Waals surface area contributed by atoms with Crippen molar-refractivity contribution in [2.75, 3.05) is 0 Å². The first-order valence-corrected chi connectivity index (χ1v) is 5.85. The average Bonchev–Trinajstić information content (AvgIpc) is 2.34. The summed E-state index contributed by atoms with van der Waals surface area (Å²) in [5, 5.41) is 19.4. The Morgan fingerprint density at radius 1 is 1.33 bits per heavy atom. The van der Waals surface area contributed by atoms with E-state index in [9.17, 15) is 15.0 Å². The van der Waals surface area contributed by atoms with Crippen LogP contribution in [0.15, 0.2) is 30.3 Å². The molecule has 0 amide bonds. The summed E-state index contributed by atoms with van der Waals surface area (Å²) in [6, 6.07) is 8.42. The molecule has 0 aliphatic carbocycles. The van der Waals surface area contributed by atoms with Crippen molar-refractivity contribution in [1.29, 1.82) is 0 Å². The molecule has 5 heteroatoms. The van der Waals surface area contributed by atoms with Gasteiger partial charge >= 0.3 is 5.97 Å². The molecule has 1 heterocycles. The van der Waals surface area contributed by atoms with Gasteiger partial charge in [0.2, 0.25) is 0 Å². The molecule has 0 spiro atoms. The SMILES string of the molecule is C[C@@H]1C[C@H](O)[C@H](OC(=O)c2ccccc2)[C@@H](O)O1. The lowest BCUT2D eigenvalue weighted by atomic mass is 10.0. The van der Waals surface area contributed by atoms with Crippen LogP contribution in [0.4, 0.5) is 0 Å². The van der Waals surface area contributed by atoms with Gasteiger partial charge in [0, 0.05) is 6.42 Å². The Kier molecular flexibility index (Phi) is 3.96. The fourth-order valence-electron chi connectivity index (χ4n) is 1.94. The summed E-state index contributed by atoms with van der Waals surface area (Å²) in [4.78, 5) is 11.8. The van der Waals surface area contributed by atoms with E-state index in [1.54, 1.807) is 37.3 Å². The highest BCUT2D eigenvalue weighted by molar-refractivity contribution is 5.89. The minimum absolute atomic E-state index is 0.262. The molecule has 0 bridgehead atoms. The van der Waals surface area contributed by atoms with Crippen LogP contribution in [0.5, 0.6) is 0 Å². The molecule has 0 radical (unpaired) electrons. The number of hydrogen-bond acceptors (Lipinski definition) is 5. The Labute approximate surface area is 105 Å². The molecular weight excluding hydrogens is 236 g/mol. The zero-order valence-electron chi connectivity index (χ0n) is 10.0. The van der Waals surface area contributed by atoms with Crippen molar-refractivity contribution < 1.29 is 24.5 Å². The Morgan fingerprint density at radius 3 is 2.61 bits per heavy atom. The highest BCUT2D eigenvalue weighted by atomic mass is 16.7. The van der Waals surface area contributed by atoms with Gasteiger partial charge in [0.25, 0.3) is 0 Å². The third-order valence-corrected chi connectivity index (χ3v) is 2.86. The van der Waals surface area contributed by atoms with E-state index in [2.05, 4.69) is 0 Å². The second-order valence-electron chi connectivity index (χ2n) is 4.38. The van der Waals surface area contributed by atoms with Gasteiger partial charge in [0.05, 0.1) is 17.8 Å². The van der Waals surface area contributed by atoms with Gasteiger partial charge < -0.3 is 19.7 Å². The van der Waals surface area contributed by atoms with Crippen molar-refractivity contribution in [3.63, 3.8) is 0 Å². The van der Waals surface area contributed by atoms with Crippen LogP contribution in [0, 0.1) is 0 Å². The van der Waals surface area contributed by atoms with E-state index in [0.717, 1.165) is 0 Å². The standard InChI is InChI=1S/C13H16O5/c1-8-7-10(14)11(13(16)17-8)18-12(15)9-5-3-2-4-6-9/h2-6,8,10-11,13-14,16H,7H2,1H3/t8-,10+,11+,13+/m1/s1. The molecule has 18 heavy (non-hydrogen) atoms. The number of hydrogen-bond donors (Lipinski definition) is 2. The normalized spacial score (nSPS) is 31.9. The van der Waals surface area contributed by atoms with Crippen molar-refractivity contribution in [3.8, 4) is 0 Å². The molecule has 1 aromatic carbocycles. The molecule has 4 atom stereocenters. The van der Waals surface area contributed by atoms with Gasteiger partial charge in [-0.05, 0) is 19.1 Å². The number of ether oxygens (including phenoxy) is 2. The zero-order valence-corrected chi connectivity index (χ0v) is 10.0. The molecule has 0 aromatic heterocycles. The Bertz CT molecular complexity index is 393. The van der Waals surface area contributed by atoms with Gasteiger partial charge in [-0.2, -0.15) is 0 Å². The topological polar surface area (TPSA) is 76.0 Å². The summed E-state index contributed by atoms with van der Waals surface area (Å²) in [6.07, 6.45) is -3.20. The maximum absolute atomic E-state index is 11.8. The smallest absolute Gasteiger partial charge is 0.338 e. The summed E-state index contributed by atoms with van der Waals surface area (Å²) in [5.74, 6) is -0.586. The lowest BCUT2D eigenvalue weighted by molar-refractivity contribution is -0.242. The van der Waals surface area contributed by atoms with Gasteiger partial charge in [0.1, 0.15) is 0 Å². The van der Waals surface area contributed by atoms with Crippen molar-refractivity contribution in [2.45, 2.75) is 37.9 Å². The van der Waals surface area contributed by atoms with Crippen molar-refractivity contribution in [3.05, 3.63) is 35.9 Å². The van der Waals surface area contributed by atoms with Gasteiger partial charge in [-0.1, -0.05) is 18.2 Å². The fraction of sp³-hybridized carbons (Fsp3) is 0.462. The molecular formula is C13H16O5. The molecule has 0 unspecified atom stereocenters. The van der Waals surface area contributed by atoms with E-state index < -0.39 is 24.5 Å². The summed E-state index contributed by atoms with van der Waals surface area (Å²) in [5.41, 5.74) is 0.371. The van der Waals surface area contributed by atoms with Crippen LogP contribution < -0.4 is 0 Å². The lowest BCUT2D eigenvalue weighted by Crippen LogP contribution is -2.49. The van der Waals surface area contributed by atoms with Crippen molar-refractivity contribution in [2.24, 2.45) is 0 Å². The monoisotopic (exact) mass is 252 g/mol. The molecule has 1 aliphatic rings. The predicted molar refractivity (Wildman–Crippen MR) is 62.8 cm³/mol. The van der Waals surface area contributed by atoms with E-state index in [-0.39, 0.29) is 6.10 Å². The average molecular weight is 252 g/mol. The molecule has 5 nitrogen and oxygen atoms in total. The first kappa shape index (κ1) is 13.0. The second-order valence-corrected chi connectivity index (χ2v) is 4.38. The first-order valence-electron chi connectivity index (χ1n) is 5.85. The van der Waals surface area contributed by atoms with E-state index in [4.69, 9.17) is 9.47 Å². The minimum atomic E-state index is -1.29. The highest BCUT2D eigenvalue weighted by Gasteiger charge is 2.38.